The summed E-state index contributed by atoms with van der Waals surface area (Å²) in [7, 11) is 3.75. The molecule has 2 aromatic carbocycles. The molecular formula is C17H18I3NO3. The molecule has 4 nitrogen and oxygen atoms in total. The smallest absolute Gasteiger partial charge is 0.193 e. The Morgan fingerprint density at radius 1 is 1.04 bits per heavy atom. The number of halogens is 3. The molecule has 0 saturated carbocycles. The van der Waals surface area contributed by atoms with E-state index in [0.717, 1.165) is 12.9 Å². The molecule has 0 aliphatic carbocycles. The van der Waals surface area contributed by atoms with Crippen LogP contribution in [0, 0.1) is 10.7 Å². The van der Waals surface area contributed by atoms with Gasteiger partial charge in [-0.2, -0.15) is 0 Å². The Labute approximate surface area is 183 Å². The molecule has 0 radical (unpaired) electrons. The van der Waals surface area contributed by atoms with Crippen LogP contribution in [0.4, 0.5) is 0 Å². The van der Waals surface area contributed by atoms with Crippen LogP contribution in [0.1, 0.15) is 22.8 Å². The Bertz CT molecular complexity index is 697. The van der Waals surface area contributed by atoms with Gasteiger partial charge in [-0.1, -0.05) is 0 Å². The molecule has 2 N–H and O–H groups in total. The number of carbonyl (C=O) groups is 1. The van der Waals surface area contributed by atoms with Gasteiger partial charge in [0.2, 0.25) is 0 Å². The molecule has 0 spiro atoms. The second-order valence-electron chi connectivity index (χ2n) is 4.70. The molecule has 2 aromatic rings. The van der Waals surface area contributed by atoms with Crippen molar-refractivity contribution in [3.8, 4) is 11.5 Å². The van der Waals surface area contributed by atoms with E-state index in [0.29, 0.717) is 21.3 Å². The van der Waals surface area contributed by atoms with Gasteiger partial charge in [0.15, 0.2) is 5.78 Å². The highest BCUT2D eigenvalue weighted by Crippen LogP contribution is 2.30. The maximum Gasteiger partial charge on any atom is 0.193 e. The second kappa shape index (κ2) is 10.8. The molecule has 0 atom stereocenters. The van der Waals surface area contributed by atoms with Gasteiger partial charge in [0.1, 0.15) is 11.5 Å². The van der Waals surface area contributed by atoms with Crippen LogP contribution in [0.5, 0.6) is 11.5 Å². The monoisotopic (exact) mass is 665 g/mol. The number of carbonyl (C=O) groups excluding carboxylic acids is 1. The minimum atomic E-state index is -0.0632. The van der Waals surface area contributed by atoms with Gasteiger partial charge in [-0.05, 0) is 119 Å². The van der Waals surface area contributed by atoms with Crippen molar-refractivity contribution in [2.75, 3.05) is 20.7 Å². The quantitative estimate of drug-likeness (QED) is 0.369. The van der Waals surface area contributed by atoms with E-state index in [1.165, 1.54) is 0 Å². The summed E-state index contributed by atoms with van der Waals surface area (Å²) in [5.74, 6) is 0.935. The third-order valence-electron chi connectivity index (χ3n) is 2.76. The third-order valence-corrected chi connectivity index (χ3v) is 5.23. The lowest BCUT2D eigenvalue weighted by molar-refractivity contribution is 0.103. The maximum atomic E-state index is 12.6. The van der Waals surface area contributed by atoms with Crippen LogP contribution in [0.25, 0.3) is 0 Å². The van der Waals surface area contributed by atoms with E-state index < -0.39 is 0 Å². The van der Waals surface area contributed by atoms with E-state index in [4.69, 9.17) is 4.74 Å². The summed E-state index contributed by atoms with van der Waals surface area (Å²) in [4.78, 5) is 12.6. The Balaban J connectivity index is 0.000000891. The highest BCUT2D eigenvalue weighted by atomic mass is 127. The molecule has 0 unspecified atom stereocenters. The first-order valence-corrected chi connectivity index (χ1v) is 10.3. The average molecular weight is 665 g/mol. The number of phenolic OH excluding ortho intramolecular Hbond substituents is 1. The number of hydrogen-bond donors (Lipinski definition) is 2. The van der Waals surface area contributed by atoms with Crippen molar-refractivity contribution in [2.45, 2.75) is 6.92 Å². The topological polar surface area (TPSA) is 58.6 Å². The minimum Gasteiger partial charge on any atom is -0.507 e. The Kier molecular flexibility index (Phi) is 9.82. The Morgan fingerprint density at radius 2 is 1.54 bits per heavy atom. The number of rotatable bonds is 4. The van der Waals surface area contributed by atoms with Crippen LogP contribution >= 0.6 is 67.8 Å². The lowest BCUT2D eigenvalue weighted by Crippen LogP contribution is -2.05. The molecule has 0 fully saturated rings. The summed E-state index contributed by atoms with van der Waals surface area (Å²) in [5.41, 5.74) is 1.18. The fraction of sp³-hybridized carbons (Fsp3) is 0.235. The summed E-state index contributed by atoms with van der Waals surface area (Å²) in [6.45, 7) is 2.53. The van der Waals surface area contributed by atoms with Crippen LogP contribution in [-0.2, 0) is 0 Å². The SMILES string of the molecule is CCOc1c(I)cc(C(=O)c2ccc(O)c(I)c2)cc1I.CNC. The summed E-state index contributed by atoms with van der Waals surface area (Å²) < 4.78 is 8.07. The Hall–Kier alpha value is -0.140. The van der Waals surface area contributed by atoms with Gasteiger partial charge in [0.25, 0.3) is 0 Å². The predicted octanol–water partition coefficient (Wildman–Crippen LogP) is 4.67. The van der Waals surface area contributed by atoms with Crippen LogP contribution in [0.3, 0.4) is 0 Å². The van der Waals surface area contributed by atoms with Gasteiger partial charge in [-0.15, -0.1) is 0 Å². The lowest BCUT2D eigenvalue weighted by Gasteiger charge is -2.11. The van der Waals surface area contributed by atoms with Crippen LogP contribution in [0.2, 0.25) is 0 Å². The van der Waals surface area contributed by atoms with Gasteiger partial charge < -0.3 is 15.2 Å². The van der Waals surface area contributed by atoms with E-state index in [2.05, 4.69) is 50.5 Å². The van der Waals surface area contributed by atoms with Crippen molar-refractivity contribution in [3.05, 3.63) is 52.2 Å². The number of hydrogen-bond acceptors (Lipinski definition) is 4. The van der Waals surface area contributed by atoms with Crippen molar-refractivity contribution in [1.29, 1.82) is 0 Å². The molecule has 0 bridgehead atoms. The second-order valence-corrected chi connectivity index (χ2v) is 8.18. The van der Waals surface area contributed by atoms with Gasteiger partial charge in [0, 0.05) is 11.1 Å². The third kappa shape index (κ3) is 5.99. The first-order valence-electron chi connectivity index (χ1n) is 7.09. The number of nitrogens with one attached hydrogen (secondary N) is 1. The predicted molar refractivity (Wildman–Crippen MR) is 122 cm³/mol. The number of benzene rings is 2. The fourth-order valence-electron chi connectivity index (χ4n) is 1.79. The summed E-state index contributed by atoms with van der Waals surface area (Å²) in [5, 5.41) is 12.3. The van der Waals surface area contributed by atoms with Gasteiger partial charge >= 0.3 is 0 Å². The first kappa shape index (κ1) is 21.9. The average Bonchev–Trinajstić information content (AvgIpc) is 2.53. The molecule has 0 amide bonds. The van der Waals surface area contributed by atoms with E-state index >= 15 is 0 Å². The fourth-order valence-corrected chi connectivity index (χ4v) is 4.38. The molecule has 7 heteroatoms. The molecule has 0 aliphatic rings. The van der Waals surface area contributed by atoms with Crippen LogP contribution in [-0.4, -0.2) is 31.6 Å². The Morgan fingerprint density at radius 3 is 2.00 bits per heavy atom. The highest BCUT2D eigenvalue weighted by Gasteiger charge is 2.15. The van der Waals surface area contributed by atoms with E-state index in [1.807, 2.05) is 55.7 Å². The first-order chi connectivity index (χ1) is 11.3. The standard InChI is InChI=1S/C15H11I3O3.C2H7N/c1-2-21-15-11(17)6-9(7-12(15)18)14(20)8-3-4-13(19)10(16)5-8;1-3-2/h3-7,19H,2H2,1H3;3H,1-2H3. The molecule has 0 saturated heterocycles. The zero-order valence-corrected chi connectivity index (χ0v) is 20.0. The molecule has 130 valence electrons. The zero-order chi connectivity index (χ0) is 18.3. The summed E-state index contributed by atoms with van der Waals surface area (Å²) in [6, 6.07) is 8.52. The van der Waals surface area contributed by atoms with Crippen molar-refractivity contribution in [1.82, 2.24) is 5.32 Å². The summed E-state index contributed by atoms with van der Waals surface area (Å²) in [6.07, 6.45) is 0. The van der Waals surface area contributed by atoms with Crippen molar-refractivity contribution >= 4 is 73.6 Å². The minimum absolute atomic E-state index is 0.0632. The molecule has 2 rings (SSSR count). The van der Waals surface area contributed by atoms with Gasteiger partial charge in [0.05, 0.1) is 17.3 Å². The number of phenols is 1. The van der Waals surface area contributed by atoms with E-state index in [-0.39, 0.29) is 11.5 Å². The summed E-state index contributed by atoms with van der Waals surface area (Å²) >= 11 is 6.36. The van der Waals surface area contributed by atoms with Crippen molar-refractivity contribution in [2.24, 2.45) is 0 Å². The van der Waals surface area contributed by atoms with E-state index in [9.17, 15) is 9.90 Å². The van der Waals surface area contributed by atoms with Gasteiger partial charge in [-0.25, -0.2) is 0 Å². The molecular weight excluding hydrogens is 647 g/mol. The van der Waals surface area contributed by atoms with Crippen LogP contribution in [0.15, 0.2) is 30.3 Å². The normalized spacial score (nSPS) is 9.92. The number of ether oxygens (including phenoxy) is 1. The lowest BCUT2D eigenvalue weighted by atomic mass is 10.0. The van der Waals surface area contributed by atoms with Crippen molar-refractivity contribution in [3.63, 3.8) is 0 Å². The zero-order valence-electron chi connectivity index (χ0n) is 13.5. The molecule has 0 aliphatic heterocycles. The van der Waals surface area contributed by atoms with E-state index in [1.54, 1.807) is 18.2 Å². The number of aromatic hydroxyl groups is 1. The molecule has 24 heavy (non-hydrogen) atoms. The molecule has 0 aromatic heterocycles. The van der Waals surface area contributed by atoms with Gasteiger partial charge in [-0.3, -0.25) is 4.79 Å². The molecule has 0 heterocycles. The highest BCUT2D eigenvalue weighted by molar-refractivity contribution is 14.1. The largest absolute Gasteiger partial charge is 0.507 e. The number of ketones is 1. The maximum absolute atomic E-state index is 12.6. The van der Waals surface area contributed by atoms with Crippen molar-refractivity contribution < 1.29 is 14.6 Å². The van der Waals surface area contributed by atoms with Crippen LogP contribution < -0.4 is 10.1 Å².